The molecule has 0 aromatic heterocycles. The molecule has 1 aromatic carbocycles. The first-order valence-electron chi connectivity index (χ1n) is 10.5. The molecule has 8 heteroatoms. The Morgan fingerprint density at radius 1 is 1.20 bits per heavy atom. The number of nitriles is 1. The molecule has 1 aliphatic heterocycles. The largest absolute Gasteiger partial charge is 0.326 e. The average Bonchev–Trinajstić information content (AvgIpc) is 3.14. The quantitative estimate of drug-likeness (QED) is 0.773. The van der Waals surface area contributed by atoms with Crippen molar-refractivity contribution < 1.29 is 18.4 Å². The fourth-order valence-corrected chi connectivity index (χ4v) is 5.17. The lowest BCUT2D eigenvalue weighted by Gasteiger charge is -2.52. The molecule has 4 aliphatic rings. The van der Waals surface area contributed by atoms with Gasteiger partial charge in [-0.3, -0.25) is 9.59 Å². The van der Waals surface area contributed by atoms with Crippen LogP contribution < -0.4 is 10.6 Å². The molecule has 4 fully saturated rings. The molecular formula is C22H26F2N4O2. The Kier molecular flexibility index (Phi) is 5.49. The van der Waals surface area contributed by atoms with E-state index in [1.54, 1.807) is 12.1 Å². The fourth-order valence-electron chi connectivity index (χ4n) is 5.17. The van der Waals surface area contributed by atoms with Crippen LogP contribution in [0.15, 0.2) is 24.3 Å². The number of alkyl halides is 1. The number of carbonyl (C=O) groups is 2. The zero-order valence-corrected chi connectivity index (χ0v) is 16.8. The highest BCUT2D eigenvalue weighted by molar-refractivity contribution is 5.95. The van der Waals surface area contributed by atoms with Gasteiger partial charge in [-0.15, -0.1) is 0 Å². The number of halogens is 2. The number of hydrogen-bond donors (Lipinski definition) is 2. The Morgan fingerprint density at radius 2 is 1.90 bits per heavy atom. The Morgan fingerprint density at radius 3 is 2.53 bits per heavy atom. The van der Waals surface area contributed by atoms with Gasteiger partial charge in [0.2, 0.25) is 11.8 Å². The van der Waals surface area contributed by atoms with Gasteiger partial charge >= 0.3 is 0 Å². The van der Waals surface area contributed by atoms with Crippen LogP contribution in [-0.2, 0) is 9.59 Å². The zero-order valence-electron chi connectivity index (χ0n) is 16.8. The van der Waals surface area contributed by atoms with E-state index in [0.717, 1.165) is 19.3 Å². The van der Waals surface area contributed by atoms with Crippen LogP contribution in [0.4, 0.5) is 14.5 Å². The summed E-state index contributed by atoms with van der Waals surface area (Å²) in [5.41, 5.74) is -0.195. The summed E-state index contributed by atoms with van der Waals surface area (Å²) in [6, 6.07) is 7.21. The molecule has 5 rings (SSSR count). The smallest absolute Gasteiger partial charge is 0.237 e. The van der Waals surface area contributed by atoms with Crippen LogP contribution in [0.25, 0.3) is 0 Å². The van der Waals surface area contributed by atoms with Gasteiger partial charge in [0, 0.05) is 23.1 Å². The average molecular weight is 416 g/mol. The Bertz CT molecular complexity index is 860. The minimum atomic E-state index is -1.14. The fraction of sp³-hybridized carbons (Fsp3) is 0.591. The first kappa shape index (κ1) is 20.7. The number of likely N-dealkylation sites (tertiary alicyclic amines) is 1. The maximum absolute atomic E-state index is 13.6. The van der Waals surface area contributed by atoms with E-state index in [2.05, 4.69) is 10.6 Å². The zero-order chi connectivity index (χ0) is 21.4. The van der Waals surface area contributed by atoms with Crippen molar-refractivity contribution in [2.45, 2.75) is 62.7 Å². The number of fused-ring (bicyclic) bond motifs is 3. The van der Waals surface area contributed by atoms with Gasteiger partial charge in [0.05, 0.1) is 19.2 Å². The molecule has 2 amide bonds. The summed E-state index contributed by atoms with van der Waals surface area (Å²) in [6.45, 7) is 0.0580. The van der Waals surface area contributed by atoms with Crippen LogP contribution in [-0.4, -0.2) is 47.6 Å². The van der Waals surface area contributed by atoms with E-state index in [0.29, 0.717) is 24.9 Å². The number of hydrogen-bond acceptors (Lipinski definition) is 4. The lowest BCUT2D eigenvalue weighted by Crippen LogP contribution is -2.59. The van der Waals surface area contributed by atoms with Gasteiger partial charge in [-0.2, -0.15) is 5.26 Å². The van der Waals surface area contributed by atoms with Crippen molar-refractivity contribution in [2.75, 3.05) is 18.4 Å². The van der Waals surface area contributed by atoms with E-state index < -0.39 is 17.6 Å². The summed E-state index contributed by atoms with van der Waals surface area (Å²) in [7, 11) is 0. The maximum atomic E-state index is 13.6. The first-order chi connectivity index (χ1) is 14.3. The SMILES string of the molecule is N#C[C@@H]1C[C@H](F)CN1C(=O)CNC12CCC(C(=O)Nc3cccc(F)c3)(CC1)CC2. The Balaban J connectivity index is 1.33. The van der Waals surface area contributed by atoms with Crippen LogP contribution in [0.2, 0.25) is 0 Å². The molecule has 6 nitrogen and oxygen atoms in total. The highest BCUT2D eigenvalue weighted by atomic mass is 19.1. The van der Waals surface area contributed by atoms with Crippen LogP contribution in [0.3, 0.4) is 0 Å². The van der Waals surface area contributed by atoms with Gasteiger partial charge in [-0.25, -0.2) is 8.78 Å². The van der Waals surface area contributed by atoms with Gasteiger partial charge < -0.3 is 15.5 Å². The summed E-state index contributed by atoms with van der Waals surface area (Å²) in [5, 5.41) is 15.4. The molecular weight excluding hydrogens is 390 g/mol. The van der Waals surface area contributed by atoms with Crippen molar-refractivity contribution in [1.82, 2.24) is 10.2 Å². The highest BCUT2D eigenvalue weighted by Gasteiger charge is 2.52. The van der Waals surface area contributed by atoms with Gasteiger partial charge in [0.1, 0.15) is 18.0 Å². The lowest BCUT2D eigenvalue weighted by atomic mass is 9.57. The van der Waals surface area contributed by atoms with Gasteiger partial charge in [-0.1, -0.05) is 6.07 Å². The molecule has 2 bridgehead atoms. The van der Waals surface area contributed by atoms with Crippen LogP contribution >= 0.6 is 0 Å². The van der Waals surface area contributed by atoms with E-state index in [-0.39, 0.29) is 42.7 Å². The number of benzene rings is 1. The van der Waals surface area contributed by atoms with Crippen molar-refractivity contribution in [1.29, 1.82) is 5.26 Å². The molecule has 0 spiro atoms. The number of anilines is 1. The summed E-state index contributed by atoms with van der Waals surface area (Å²) in [4.78, 5) is 26.8. The number of carbonyl (C=O) groups excluding carboxylic acids is 2. The Labute approximate surface area is 174 Å². The second-order valence-electron chi connectivity index (χ2n) is 8.90. The molecule has 1 aromatic rings. The van der Waals surface area contributed by atoms with Crippen LogP contribution in [0.5, 0.6) is 0 Å². The minimum absolute atomic E-state index is 0.0187. The number of amides is 2. The Hall–Kier alpha value is -2.53. The second kappa shape index (κ2) is 7.95. The normalized spacial score (nSPS) is 32.6. The lowest BCUT2D eigenvalue weighted by molar-refractivity contribution is -0.135. The van der Waals surface area contributed by atoms with Gasteiger partial charge in [0.25, 0.3) is 0 Å². The molecule has 2 atom stereocenters. The summed E-state index contributed by atoms with van der Waals surface area (Å²) < 4.78 is 27.0. The molecule has 3 aliphatic carbocycles. The van der Waals surface area contributed by atoms with E-state index >= 15 is 0 Å². The topological polar surface area (TPSA) is 85.2 Å². The molecule has 160 valence electrons. The van der Waals surface area contributed by atoms with E-state index in [1.165, 1.54) is 17.0 Å². The predicted molar refractivity (Wildman–Crippen MR) is 107 cm³/mol. The van der Waals surface area contributed by atoms with Crippen molar-refractivity contribution in [3.63, 3.8) is 0 Å². The molecule has 1 saturated heterocycles. The highest BCUT2D eigenvalue weighted by Crippen LogP contribution is 2.52. The standard InChI is InChI=1S/C22H26F2N4O2/c23-15-2-1-3-17(10-15)27-20(30)21-4-7-22(8-5-21,9-6-21)26-13-19(29)28-14-16(24)11-18(28)12-25/h1-3,10,16,18,26H,4-9,11,13-14H2,(H,27,30)/t16-,18-,21?,22?/m0/s1. The van der Waals surface area contributed by atoms with Crippen molar-refractivity contribution in [2.24, 2.45) is 5.41 Å². The van der Waals surface area contributed by atoms with E-state index in [9.17, 15) is 18.4 Å². The van der Waals surface area contributed by atoms with E-state index in [1.807, 2.05) is 6.07 Å². The van der Waals surface area contributed by atoms with Gasteiger partial charge in [-0.05, 0) is 56.7 Å². The van der Waals surface area contributed by atoms with Crippen LogP contribution in [0, 0.1) is 22.6 Å². The number of rotatable bonds is 5. The maximum Gasteiger partial charge on any atom is 0.237 e. The molecule has 3 saturated carbocycles. The number of nitrogens with one attached hydrogen (secondary N) is 2. The summed E-state index contributed by atoms with van der Waals surface area (Å²) in [5.74, 6) is -0.705. The number of nitrogens with zero attached hydrogens (tertiary/aromatic N) is 2. The molecule has 2 N–H and O–H groups in total. The third-order valence-corrected chi connectivity index (χ3v) is 7.14. The molecule has 0 unspecified atom stereocenters. The van der Waals surface area contributed by atoms with Crippen molar-refractivity contribution in [3.05, 3.63) is 30.1 Å². The van der Waals surface area contributed by atoms with Crippen molar-refractivity contribution >= 4 is 17.5 Å². The van der Waals surface area contributed by atoms with Crippen molar-refractivity contribution in [3.8, 4) is 6.07 Å². The van der Waals surface area contributed by atoms with E-state index in [4.69, 9.17) is 5.26 Å². The monoisotopic (exact) mass is 416 g/mol. The molecule has 1 heterocycles. The summed E-state index contributed by atoms with van der Waals surface area (Å²) >= 11 is 0. The predicted octanol–water partition coefficient (Wildman–Crippen LogP) is 2.91. The second-order valence-corrected chi connectivity index (χ2v) is 8.90. The first-order valence-corrected chi connectivity index (χ1v) is 10.5. The van der Waals surface area contributed by atoms with Gasteiger partial charge in [0.15, 0.2) is 0 Å². The molecule has 0 radical (unpaired) electrons. The molecule has 30 heavy (non-hydrogen) atoms. The van der Waals surface area contributed by atoms with Crippen LogP contribution in [0.1, 0.15) is 44.9 Å². The summed E-state index contributed by atoms with van der Waals surface area (Å²) in [6.07, 6.45) is 3.35. The third kappa shape index (κ3) is 3.91. The minimum Gasteiger partial charge on any atom is -0.326 e. The third-order valence-electron chi connectivity index (χ3n) is 7.14.